The predicted molar refractivity (Wildman–Crippen MR) is 91.1 cm³/mol. The SMILES string of the molecule is COc1ccc(N2CC(C(=O)NC(C)Cn3cncn3)CC2=O)cc1. The molecule has 2 heterocycles. The van der Waals surface area contributed by atoms with Crippen LogP contribution >= 0.6 is 0 Å². The van der Waals surface area contributed by atoms with Gasteiger partial charge in [-0.15, -0.1) is 0 Å². The third kappa shape index (κ3) is 3.96. The van der Waals surface area contributed by atoms with E-state index in [0.717, 1.165) is 11.4 Å². The second-order valence-corrected chi connectivity index (χ2v) is 6.13. The molecule has 0 aliphatic carbocycles. The number of benzene rings is 1. The Labute approximate surface area is 145 Å². The van der Waals surface area contributed by atoms with E-state index in [9.17, 15) is 9.59 Å². The van der Waals surface area contributed by atoms with Crippen molar-refractivity contribution < 1.29 is 14.3 Å². The normalized spacial score (nSPS) is 18.2. The molecule has 25 heavy (non-hydrogen) atoms. The molecule has 1 aliphatic heterocycles. The van der Waals surface area contributed by atoms with E-state index in [4.69, 9.17) is 4.74 Å². The average Bonchev–Trinajstić information content (AvgIpc) is 3.24. The Balaban J connectivity index is 1.58. The first kappa shape index (κ1) is 16.9. The van der Waals surface area contributed by atoms with Crippen LogP contribution in [0.1, 0.15) is 13.3 Å². The summed E-state index contributed by atoms with van der Waals surface area (Å²) < 4.78 is 6.79. The van der Waals surface area contributed by atoms with Crippen molar-refractivity contribution in [3.63, 3.8) is 0 Å². The Bertz CT molecular complexity index is 729. The molecule has 2 unspecified atom stereocenters. The minimum atomic E-state index is -0.354. The number of anilines is 1. The van der Waals surface area contributed by atoms with Crippen LogP contribution in [-0.4, -0.2) is 46.3 Å². The van der Waals surface area contributed by atoms with Gasteiger partial charge in [-0.3, -0.25) is 14.3 Å². The number of carbonyl (C=O) groups is 2. The number of hydrogen-bond acceptors (Lipinski definition) is 5. The van der Waals surface area contributed by atoms with Crippen LogP contribution in [-0.2, 0) is 16.1 Å². The lowest BCUT2D eigenvalue weighted by atomic mass is 10.1. The van der Waals surface area contributed by atoms with Gasteiger partial charge in [-0.2, -0.15) is 5.10 Å². The zero-order valence-corrected chi connectivity index (χ0v) is 14.3. The lowest BCUT2D eigenvalue weighted by molar-refractivity contribution is -0.126. The van der Waals surface area contributed by atoms with Gasteiger partial charge in [-0.05, 0) is 31.2 Å². The van der Waals surface area contributed by atoms with Gasteiger partial charge in [0.05, 0.1) is 19.6 Å². The molecule has 0 saturated carbocycles. The molecule has 2 amide bonds. The largest absolute Gasteiger partial charge is 0.497 e. The van der Waals surface area contributed by atoms with E-state index in [1.54, 1.807) is 35.2 Å². The third-order valence-electron chi connectivity index (χ3n) is 4.20. The molecule has 0 spiro atoms. The Kier molecular flexibility index (Phi) is 4.97. The summed E-state index contributed by atoms with van der Waals surface area (Å²) in [5.74, 6) is 0.214. The van der Waals surface area contributed by atoms with Crippen LogP contribution in [0.25, 0.3) is 0 Å². The molecule has 0 radical (unpaired) electrons. The van der Waals surface area contributed by atoms with Gasteiger partial charge in [0.15, 0.2) is 0 Å². The first-order chi connectivity index (χ1) is 12.1. The molecule has 1 aliphatic rings. The molecule has 132 valence electrons. The van der Waals surface area contributed by atoms with Crippen molar-refractivity contribution in [1.29, 1.82) is 0 Å². The summed E-state index contributed by atoms with van der Waals surface area (Å²) in [5, 5.41) is 6.97. The quantitative estimate of drug-likeness (QED) is 0.840. The van der Waals surface area contributed by atoms with Crippen molar-refractivity contribution in [1.82, 2.24) is 20.1 Å². The van der Waals surface area contributed by atoms with Crippen LogP contribution < -0.4 is 15.0 Å². The van der Waals surface area contributed by atoms with Crippen molar-refractivity contribution in [3.05, 3.63) is 36.9 Å². The van der Waals surface area contributed by atoms with Crippen LogP contribution in [0.2, 0.25) is 0 Å². The molecule has 1 aromatic carbocycles. The van der Waals surface area contributed by atoms with E-state index in [1.807, 2.05) is 19.1 Å². The smallest absolute Gasteiger partial charge is 0.227 e. The molecule has 1 N–H and O–H groups in total. The van der Waals surface area contributed by atoms with E-state index in [1.165, 1.54) is 6.33 Å². The van der Waals surface area contributed by atoms with Gasteiger partial charge in [0, 0.05) is 24.7 Å². The minimum absolute atomic E-state index is 0.0470. The van der Waals surface area contributed by atoms with Gasteiger partial charge in [-0.1, -0.05) is 0 Å². The summed E-state index contributed by atoms with van der Waals surface area (Å²) >= 11 is 0. The predicted octanol–water partition coefficient (Wildman–Crippen LogP) is 0.844. The van der Waals surface area contributed by atoms with E-state index >= 15 is 0 Å². The maximum atomic E-state index is 12.5. The molecule has 8 nitrogen and oxygen atoms in total. The van der Waals surface area contributed by atoms with E-state index in [0.29, 0.717) is 13.1 Å². The van der Waals surface area contributed by atoms with E-state index in [-0.39, 0.29) is 30.2 Å². The van der Waals surface area contributed by atoms with Gasteiger partial charge in [0.1, 0.15) is 18.4 Å². The van der Waals surface area contributed by atoms with Crippen molar-refractivity contribution in [2.45, 2.75) is 25.9 Å². The van der Waals surface area contributed by atoms with Crippen LogP contribution in [0.5, 0.6) is 5.75 Å². The fourth-order valence-corrected chi connectivity index (χ4v) is 2.91. The Morgan fingerprint density at radius 1 is 1.40 bits per heavy atom. The van der Waals surface area contributed by atoms with Gasteiger partial charge < -0.3 is 15.0 Å². The summed E-state index contributed by atoms with van der Waals surface area (Å²) in [6.45, 7) is 2.82. The van der Waals surface area contributed by atoms with Crippen molar-refractivity contribution in [2.75, 3.05) is 18.6 Å². The molecule has 2 aromatic rings. The molecular weight excluding hydrogens is 322 g/mol. The third-order valence-corrected chi connectivity index (χ3v) is 4.20. The van der Waals surface area contributed by atoms with E-state index < -0.39 is 0 Å². The minimum Gasteiger partial charge on any atom is -0.497 e. The highest BCUT2D eigenvalue weighted by atomic mass is 16.5. The number of aromatic nitrogens is 3. The highest BCUT2D eigenvalue weighted by Crippen LogP contribution is 2.27. The summed E-state index contributed by atoms with van der Waals surface area (Å²) in [6, 6.07) is 7.15. The van der Waals surface area contributed by atoms with Crippen molar-refractivity contribution in [3.8, 4) is 5.75 Å². The lowest BCUT2D eigenvalue weighted by Gasteiger charge is -2.18. The summed E-state index contributed by atoms with van der Waals surface area (Å²) in [7, 11) is 1.59. The van der Waals surface area contributed by atoms with Crippen molar-refractivity contribution >= 4 is 17.5 Å². The molecule has 8 heteroatoms. The Hall–Kier alpha value is -2.90. The molecule has 1 fully saturated rings. The highest BCUT2D eigenvalue weighted by molar-refractivity contribution is 6.00. The van der Waals surface area contributed by atoms with Crippen LogP contribution in [0.3, 0.4) is 0 Å². The monoisotopic (exact) mass is 343 g/mol. The van der Waals surface area contributed by atoms with Crippen LogP contribution in [0, 0.1) is 5.92 Å². The number of methoxy groups -OCH3 is 1. The van der Waals surface area contributed by atoms with Gasteiger partial charge in [0.25, 0.3) is 0 Å². The first-order valence-electron chi connectivity index (χ1n) is 8.14. The lowest BCUT2D eigenvalue weighted by Crippen LogP contribution is -2.40. The molecule has 2 atom stereocenters. The summed E-state index contributed by atoms with van der Waals surface area (Å²) in [5.41, 5.74) is 0.775. The average molecular weight is 343 g/mol. The first-order valence-corrected chi connectivity index (χ1v) is 8.14. The molecule has 1 saturated heterocycles. The number of ether oxygens (including phenoxy) is 1. The highest BCUT2D eigenvalue weighted by Gasteiger charge is 2.35. The summed E-state index contributed by atoms with van der Waals surface area (Å²) in [6.07, 6.45) is 3.28. The number of rotatable bonds is 6. The second-order valence-electron chi connectivity index (χ2n) is 6.13. The zero-order chi connectivity index (χ0) is 17.8. The molecule has 1 aromatic heterocycles. The Morgan fingerprint density at radius 3 is 2.80 bits per heavy atom. The van der Waals surface area contributed by atoms with Gasteiger partial charge in [-0.25, -0.2) is 4.98 Å². The van der Waals surface area contributed by atoms with Gasteiger partial charge >= 0.3 is 0 Å². The maximum Gasteiger partial charge on any atom is 0.227 e. The zero-order valence-electron chi connectivity index (χ0n) is 14.3. The standard InChI is InChI=1S/C17H21N5O3/c1-12(8-21-11-18-10-19-21)20-17(24)13-7-16(23)22(9-13)14-3-5-15(25-2)6-4-14/h3-6,10-13H,7-9H2,1-2H3,(H,20,24). The Morgan fingerprint density at radius 2 is 2.16 bits per heavy atom. The number of nitrogens with one attached hydrogen (secondary N) is 1. The van der Waals surface area contributed by atoms with E-state index in [2.05, 4.69) is 15.4 Å². The van der Waals surface area contributed by atoms with Crippen molar-refractivity contribution in [2.24, 2.45) is 5.92 Å². The topological polar surface area (TPSA) is 89.3 Å². The number of amides is 2. The number of nitrogens with zero attached hydrogens (tertiary/aromatic N) is 4. The number of hydrogen-bond donors (Lipinski definition) is 1. The number of carbonyl (C=O) groups excluding carboxylic acids is 2. The maximum absolute atomic E-state index is 12.5. The molecular formula is C17H21N5O3. The van der Waals surface area contributed by atoms with Gasteiger partial charge in [0.2, 0.25) is 11.8 Å². The second kappa shape index (κ2) is 7.33. The summed E-state index contributed by atoms with van der Waals surface area (Å²) in [4.78, 5) is 30.3. The molecule has 3 rings (SSSR count). The fraction of sp³-hybridized carbons (Fsp3) is 0.412. The van der Waals surface area contributed by atoms with Crippen LogP contribution in [0.4, 0.5) is 5.69 Å². The van der Waals surface area contributed by atoms with Crippen LogP contribution in [0.15, 0.2) is 36.9 Å². The fourth-order valence-electron chi connectivity index (χ4n) is 2.91. The molecule has 0 bridgehead atoms.